The summed E-state index contributed by atoms with van der Waals surface area (Å²) >= 11 is 0. The molecule has 9 nitrogen and oxygen atoms in total. The van der Waals surface area contributed by atoms with Gasteiger partial charge in [-0.2, -0.15) is 4.31 Å². The fraction of sp³-hybridized carbons (Fsp3) is 0.529. The molecule has 10 heteroatoms. The van der Waals surface area contributed by atoms with Crippen LogP contribution in [0.15, 0.2) is 23.1 Å². The summed E-state index contributed by atoms with van der Waals surface area (Å²) in [5.74, 6) is -0.263. The van der Waals surface area contributed by atoms with Gasteiger partial charge in [-0.25, -0.2) is 13.2 Å². The first-order chi connectivity index (χ1) is 12.7. The Morgan fingerprint density at radius 2 is 2.07 bits per heavy atom. The fourth-order valence-corrected chi connectivity index (χ4v) is 5.36. The fourth-order valence-electron chi connectivity index (χ4n) is 3.63. The van der Waals surface area contributed by atoms with Crippen molar-refractivity contribution in [2.24, 2.45) is 5.73 Å². The van der Waals surface area contributed by atoms with Crippen LogP contribution in [0.4, 0.5) is 4.79 Å². The molecule has 2 atom stereocenters. The Morgan fingerprint density at radius 3 is 2.67 bits per heavy atom. The number of nitrogens with two attached hydrogens (primary N) is 1. The second kappa shape index (κ2) is 7.10. The highest BCUT2D eigenvalue weighted by Crippen LogP contribution is 2.35. The lowest BCUT2D eigenvalue weighted by Crippen LogP contribution is -2.47. The van der Waals surface area contributed by atoms with Crippen LogP contribution in [0.2, 0.25) is 0 Å². The van der Waals surface area contributed by atoms with Gasteiger partial charge < -0.3 is 15.8 Å². The van der Waals surface area contributed by atoms with Gasteiger partial charge in [0.2, 0.25) is 10.0 Å². The monoisotopic (exact) mass is 396 g/mol. The lowest BCUT2D eigenvalue weighted by molar-refractivity contribution is -0.123. The Kier molecular flexibility index (Phi) is 5.15. The molecule has 4 N–H and O–H groups in total. The quantitative estimate of drug-likeness (QED) is 0.612. The van der Waals surface area contributed by atoms with Crippen molar-refractivity contribution < 1.29 is 22.7 Å². The van der Waals surface area contributed by atoms with Gasteiger partial charge in [-0.3, -0.25) is 10.1 Å². The molecule has 3 amide bonds. The number of imide groups is 1. The molecule has 2 fully saturated rings. The average Bonchev–Trinajstić information content (AvgIpc) is 2.93. The number of nitrogens with one attached hydrogen (secondary N) is 2. The summed E-state index contributed by atoms with van der Waals surface area (Å²) in [5, 5.41) is 4.72. The van der Waals surface area contributed by atoms with E-state index in [1.165, 1.54) is 36.5 Å². The number of methoxy groups -OCH3 is 1. The minimum absolute atomic E-state index is 0.0359. The van der Waals surface area contributed by atoms with E-state index in [-0.39, 0.29) is 23.0 Å². The van der Waals surface area contributed by atoms with Crippen LogP contribution in [-0.2, 0) is 20.4 Å². The summed E-state index contributed by atoms with van der Waals surface area (Å²) in [7, 11) is -2.39. The van der Waals surface area contributed by atoms with Crippen LogP contribution in [0.25, 0.3) is 0 Å². The molecule has 0 bridgehead atoms. The molecule has 0 radical (unpaired) electrons. The van der Waals surface area contributed by atoms with Crippen LogP contribution < -0.4 is 21.1 Å². The summed E-state index contributed by atoms with van der Waals surface area (Å²) in [5.41, 5.74) is 4.62. The first-order valence-corrected chi connectivity index (χ1v) is 10.2. The first kappa shape index (κ1) is 19.6. The maximum atomic E-state index is 13.2. The minimum Gasteiger partial charge on any atom is -0.496 e. The van der Waals surface area contributed by atoms with Crippen LogP contribution >= 0.6 is 0 Å². The Morgan fingerprint density at radius 1 is 1.33 bits per heavy atom. The highest BCUT2D eigenvalue weighted by molar-refractivity contribution is 7.89. The van der Waals surface area contributed by atoms with Gasteiger partial charge in [0.1, 0.15) is 11.3 Å². The van der Waals surface area contributed by atoms with Gasteiger partial charge in [0.05, 0.1) is 12.0 Å². The maximum Gasteiger partial charge on any atom is 0.322 e. The summed E-state index contributed by atoms with van der Waals surface area (Å²) in [4.78, 5) is 24.0. The normalized spacial score (nSPS) is 26.6. The van der Waals surface area contributed by atoms with Crippen molar-refractivity contribution in [2.45, 2.75) is 42.7 Å². The van der Waals surface area contributed by atoms with Gasteiger partial charge in [0.15, 0.2) is 0 Å². The molecule has 1 aromatic carbocycles. The van der Waals surface area contributed by atoms with Crippen molar-refractivity contribution in [1.29, 1.82) is 0 Å². The molecule has 2 saturated heterocycles. The molecule has 2 unspecified atom stereocenters. The van der Waals surface area contributed by atoms with Crippen LogP contribution in [0.3, 0.4) is 0 Å². The number of carbonyl (C=O) groups excluding carboxylic acids is 2. The number of sulfonamides is 1. The maximum absolute atomic E-state index is 13.2. The molecule has 3 rings (SSSR count). The van der Waals surface area contributed by atoms with Crippen LogP contribution in [0.5, 0.6) is 5.75 Å². The number of urea groups is 1. The molecule has 27 heavy (non-hydrogen) atoms. The Balaban J connectivity index is 2.08. The summed E-state index contributed by atoms with van der Waals surface area (Å²) in [6, 6.07) is 3.43. The molecule has 2 aliphatic rings. The number of nitrogens with zero attached hydrogens (tertiary/aromatic N) is 1. The van der Waals surface area contributed by atoms with Crippen molar-refractivity contribution >= 4 is 22.0 Å². The van der Waals surface area contributed by atoms with Gasteiger partial charge in [0.25, 0.3) is 5.91 Å². The van der Waals surface area contributed by atoms with E-state index in [0.29, 0.717) is 12.3 Å². The van der Waals surface area contributed by atoms with Gasteiger partial charge in [-0.15, -0.1) is 0 Å². The number of hydrogen-bond donors (Lipinski definition) is 3. The van der Waals surface area contributed by atoms with Crippen molar-refractivity contribution in [3.63, 3.8) is 0 Å². The molecule has 0 aromatic heterocycles. The van der Waals surface area contributed by atoms with Crippen LogP contribution in [0.1, 0.15) is 31.7 Å². The third-order valence-electron chi connectivity index (χ3n) is 5.21. The number of carbonyl (C=O) groups is 2. The average molecular weight is 396 g/mol. The van der Waals surface area contributed by atoms with E-state index in [1.807, 2.05) is 0 Å². The Labute approximate surface area is 158 Å². The minimum atomic E-state index is -3.80. The summed E-state index contributed by atoms with van der Waals surface area (Å²) in [6.45, 7) is 2.16. The van der Waals surface area contributed by atoms with Crippen molar-refractivity contribution in [1.82, 2.24) is 14.9 Å². The SMILES string of the molecule is COc1ccc(S(=O)(=O)N2CCCCC2CN)cc1C1(C)NC(=O)NC1=O. The van der Waals surface area contributed by atoms with Crippen LogP contribution in [-0.4, -0.2) is 50.9 Å². The number of amides is 3. The molecular formula is C17H24N4O5S. The molecule has 1 aromatic rings. The van der Waals surface area contributed by atoms with Crippen molar-refractivity contribution in [3.8, 4) is 5.75 Å². The van der Waals surface area contributed by atoms with Gasteiger partial charge in [-0.1, -0.05) is 6.42 Å². The zero-order valence-electron chi connectivity index (χ0n) is 15.3. The lowest BCUT2D eigenvalue weighted by Gasteiger charge is -2.34. The third kappa shape index (κ3) is 3.28. The van der Waals surface area contributed by atoms with Crippen molar-refractivity contribution in [2.75, 3.05) is 20.2 Å². The lowest BCUT2D eigenvalue weighted by atomic mass is 9.91. The summed E-state index contributed by atoms with van der Waals surface area (Å²) in [6.07, 6.45) is 2.43. The predicted molar refractivity (Wildman–Crippen MR) is 97.6 cm³/mol. The van der Waals surface area contributed by atoms with Crippen LogP contribution in [0, 0.1) is 0 Å². The highest BCUT2D eigenvalue weighted by Gasteiger charge is 2.46. The zero-order valence-corrected chi connectivity index (χ0v) is 16.1. The smallest absolute Gasteiger partial charge is 0.322 e. The van der Waals surface area contributed by atoms with E-state index in [4.69, 9.17) is 10.5 Å². The summed E-state index contributed by atoms with van der Waals surface area (Å²) < 4.78 is 33.2. The zero-order chi connectivity index (χ0) is 19.8. The Bertz CT molecular complexity index is 872. The molecule has 0 spiro atoms. The van der Waals surface area contributed by atoms with Gasteiger partial charge >= 0.3 is 6.03 Å². The van der Waals surface area contributed by atoms with E-state index in [0.717, 1.165) is 19.3 Å². The van der Waals surface area contributed by atoms with E-state index in [2.05, 4.69) is 10.6 Å². The molecule has 2 heterocycles. The second-order valence-corrected chi connectivity index (χ2v) is 8.79. The topological polar surface area (TPSA) is 131 Å². The highest BCUT2D eigenvalue weighted by atomic mass is 32.2. The molecule has 148 valence electrons. The van der Waals surface area contributed by atoms with E-state index < -0.39 is 27.5 Å². The number of ether oxygens (including phenoxy) is 1. The number of rotatable bonds is 5. The largest absolute Gasteiger partial charge is 0.496 e. The third-order valence-corrected chi connectivity index (χ3v) is 7.15. The van der Waals surface area contributed by atoms with Crippen molar-refractivity contribution in [3.05, 3.63) is 23.8 Å². The van der Waals surface area contributed by atoms with Gasteiger partial charge in [0, 0.05) is 24.7 Å². The van der Waals surface area contributed by atoms with E-state index >= 15 is 0 Å². The molecule has 0 aliphatic carbocycles. The molecule has 0 saturated carbocycles. The standard InChI is InChI=1S/C17H24N4O5S/c1-17(15(22)19-16(23)20-17)13-9-12(6-7-14(13)26-2)27(24,25)21-8-4-3-5-11(21)10-18/h6-7,9,11H,3-5,8,10,18H2,1-2H3,(H2,19,20,22,23). The molecular weight excluding hydrogens is 372 g/mol. The van der Waals surface area contributed by atoms with E-state index in [1.54, 1.807) is 0 Å². The van der Waals surface area contributed by atoms with E-state index in [9.17, 15) is 18.0 Å². The molecule has 2 aliphatic heterocycles. The number of benzene rings is 1. The van der Waals surface area contributed by atoms with Gasteiger partial charge in [-0.05, 0) is 38.0 Å². The first-order valence-electron chi connectivity index (χ1n) is 8.78. The second-order valence-electron chi connectivity index (χ2n) is 6.90. The number of piperidine rings is 1. The predicted octanol–water partition coefficient (Wildman–Crippen LogP) is 0.252. The Hall–Kier alpha value is -2.17. The number of hydrogen-bond acceptors (Lipinski definition) is 6.